The minimum atomic E-state index is 0.498. The predicted molar refractivity (Wildman–Crippen MR) is 99.7 cm³/mol. The number of aromatic amines is 1. The van der Waals surface area contributed by atoms with E-state index in [-0.39, 0.29) is 0 Å². The molecule has 2 N–H and O–H groups in total. The van der Waals surface area contributed by atoms with Gasteiger partial charge in [-0.25, -0.2) is 0 Å². The van der Waals surface area contributed by atoms with Crippen LogP contribution >= 0.6 is 0 Å². The number of rotatable bonds is 6. The highest BCUT2D eigenvalue weighted by Gasteiger charge is 2.16. The third-order valence-electron chi connectivity index (χ3n) is 4.91. The SMILES string of the molecule is Cc1[nH]c2ccccc2c1-c1nnc(NCCCN2CCCCC2)o1. The maximum atomic E-state index is 5.84. The Morgan fingerprint density at radius 2 is 2.00 bits per heavy atom. The molecule has 0 bridgehead atoms. The van der Waals surface area contributed by atoms with Crippen LogP contribution in [0.15, 0.2) is 28.7 Å². The van der Waals surface area contributed by atoms with Gasteiger partial charge in [-0.3, -0.25) is 0 Å². The van der Waals surface area contributed by atoms with Crippen molar-refractivity contribution in [3.05, 3.63) is 30.0 Å². The van der Waals surface area contributed by atoms with E-state index in [4.69, 9.17) is 4.42 Å². The van der Waals surface area contributed by atoms with Gasteiger partial charge >= 0.3 is 6.01 Å². The first-order valence-corrected chi connectivity index (χ1v) is 9.19. The lowest BCUT2D eigenvalue weighted by Gasteiger charge is -2.26. The molecular weight excluding hydrogens is 314 g/mol. The topological polar surface area (TPSA) is 70.0 Å². The number of hydrogen-bond donors (Lipinski definition) is 2. The van der Waals surface area contributed by atoms with E-state index in [0.717, 1.165) is 41.7 Å². The number of aryl methyl sites for hydroxylation is 1. The molecule has 0 spiro atoms. The predicted octanol–water partition coefficient (Wildman–Crippen LogP) is 3.81. The normalized spacial score (nSPS) is 15.7. The van der Waals surface area contributed by atoms with E-state index in [1.165, 1.54) is 32.4 Å². The first kappa shape index (κ1) is 16.1. The van der Waals surface area contributed by atoms with Gasteiger partial charge in [0.2, 0.25) is 0 Å². The number of fused-ring (bicyclic) bond motifs is 1. The van der Waals surface area contributed by atoms with E-state index < -0.39 is 0 Å². The van der Waals surface area contributed by atoms with E-state index in [1.807, 2.05) is 19.1 Å². The van der Waals surface area contributed by atoms with Crippen molar-refractivity contribution in [3.8, 4) is 11.5 Å². The summed E-state index contributed by atoms with van der Waals surface area (Å²) in [7, 11) is 0. The Kier molecular flexibility index (Phi) is 4.70. The molecule has 0 aliphatic carbocycles. The van der Waals surface area contributed by atoms with Crippen molar-refractivity contribution in [2.24, 2.45) is 0 Å². The third-order valence-corrected chi connectivity index (χ3v) is 4.91. The molecule has 0 unspecified atom stereocenters. The number of anilines is 1. The molecule has 3 heterocycles. The van der Waals surface area contributed by atoms with Gasteiger partial charge in [-0.05, 0) is 51.9 Å². The van der Waals surface area contributed by atoms with E-state index in [9.17, 15) is 0 Å². The molecule has 6 heteroatoms. The number of nitrogens with zero attached hydrogens (tertiary/aromatic N) is 3. The van der Waals surface area contributed by atoms with Gasteiger partial charge in [0.05, 0.1) is 5.56 Å². The molecule has 25 heavy (non-hydrogen) atoms. The highest BCUT2D eigenvalue weighted by molar-refractivity contribution is 5.95. The standard InChI is InChI=1S/C19H25N5O/c1-14-17(15-8-3-4-9-16(15)21-14)18-22-23-19(25-18)20-10-7-13-24-11-5-2-6-12-24/h3-4,8-9,21H,2,5-7,10-13H2,1H3,(H,20,23). The fraction of sp³-hybridized carbons (Fsp3) is 0.474. The van der Waals surface area contributed by atoms with Crippen molar-refractivity contribution in [2.45, 2.75) is 32.6 Å². The van der Waals surface area contributed by atoms with Crippen LogP contribution < -0.4 is 5.32 Å². The van der Waals surface area contributed by atoms with Crippen molar-refractivity contribution in [2.75, 3.05) is 31.5 Å². The van der Waals surface area contributed by atoms with Crippen LogP contribution in [0.1, 0.15) is 31.4 Å². The summed E-state index contributed by atoms with van der Waals surface area (Å²) in [5.41, 5.74) is 3.12. The Morgan fingerprint density at radius 1 is 1.16 bits per heavy atom. The third kappa shape index (κ3) is 3.54. The number of nitrogens with one attached hydrogen (secondary N) is 2. The number of para-hydroxylation sites is 1. The van der Waals surface area contributed by atoms with Gasteiger partial charge in [0.1, 0.15) is 0 Å². The Morgan fingerprint density at radius 3 is 2.88 bits per heavy atom. The highest BCUT2D eigenvalue weighted by Crippen LogP contribution is 2.31. The lowest BCUT2D eigenvalue weighted by atomic mass is 10.1. The fourth-order valence-electron chi connectivity index (χ4n) is 3.63. The van der Waals surface area contributed by atoms with Crippen molar-refractivity contribution in [1.82, 2.24) is 20.1 Å². The zero-order chi connectivity index (χ0) is 17.1. The van der Waals surface area contributed by atoms with Crippen LogP contribution in [-0.2, 0) is 0 Å². The van der Waals surface area contributed by atoms with Crippen LogP contribution in [0, 0.1) is 6.92 Å². The Bertz CT molecular complexity index is 831. The second kappa shape index (κ2) is 7.27. The second-order valence-corrected chi connectivity index (χ2v) is 6.77. The fourth-order valence-corrected chi connectivity index (χ4v) is 3.63. The van der Waals surface area contributed by atoms with Crippen LogP contribution in [0.4, 0.5) is 6.01 Å². The van der Waals surface area contributed by atoms with Gasteiger partial charge in [-0.1, -0.05) is 29.7 Å². The summed E-state index contributed by atoms with van der Waals surface area (Å²) in [5.74, 6) is 0.563. The molecule has 3 aromatic rings. The first-order valence-electron chi connectivity index (χ1n) is 9.19. The maximum Gasteiger partial charge on any atom is 0.315 e. The second-order valence-electron chi connectivity index (χ2n) is 6.77. The molecule has 1 aromatic carbocycles. The number of likely N-dealkylation sites (tertiary alicyclic amines) is 1. The lowest BCUT2D eigenvalue weighted by molar-refractivity contribution is 0.228. The highest BCUT2D eigenvalue weighted by atomic mass is 16.4. The molecule has 6 nitrogen and oxygen atoms in total. The molecule has 0 saturated carbocycles. The zero-order valence-corrected chi connectivity index (χ0v) is 14.7. The van der Waals surface area contributed by atoms with E-state index in [2.05, 4.69) is 37.5 Å². The molecule has 1 fully saturated rings. The Hall–Kier alpha value is -2.34. The van der Waals surface area contributed by atoms with Gasteiger partial charge in [0, 0.05) is 23.1 Å². The summed E-state index contributed by atoms with van der Waals surface area (Å²) >= 11 is 0. The van der Waals surface area contributed by atoms with Crippen LogP contribution in [0.2, 0.25) is 0 Å². The number of aromatic nitrogens is 3. The maximum absolute atomic E-state index is 5.84. The summed E-state index contributed by atoms with van der Waals surface area (Å²) in [6.07, 6.45) is 5.14. The molecule has 1 aliphatic heterocycles. The van der Waals surface area contributed by atoms with Gasteiger partial charge in [0.25, 0.3) is 5.89 Å². The molecule has 0 amide bonds. The number of H-pyrrole nitrogens is 1. The lowest BCUT2D eigenvalue weighted by Crippen LogP contribution is -2.31. The molecule has 132 valence electrons. The van der Waals surface area contributed by atoms with Crippen LogP contribution in [0.5, 0.6) is 0 Å². The molecule has 0 radical (unpaired) electrons. The van der Waals surface area contributed by atoms with Crippen LogP contribution in [0.25, 0.3) is 22.4 Å². The molecular formula is C19H25N5O. The monoisotopic (exact) mass is 339 g/mol. The van der Waals surface area contributed by atoms with Gasteiger partial charge in [-0.15, -0.1) is 5.10 Å². The van der Waals surface area contributed by atoms with Crippen LogP contribution in [-0.4, -0.2) is 46.3 Å². The summed E-state index contributed by atoms with van der Waals surface area (Å²) in [4.78, 5) is 5.91. The number of benzene rings is 1. The molecule has 1 saturated heterocycles. The van der Waals surface area contributed by atoms with Gasteiger partial charge in [0.15, 0.2) is 0 Å². The zero-order valence-electron chi connectivity index (χ0n) is 14.7. The minimum Gasteiger partial charge on any atom is -0.403 e. The van der Waals surface area contributed by atoms with E-state index in [0.29, 0.717) is 11.9 Å². The van der Waals surface area contributed by atoms with Gasteiger partial charge < -0.3 is 19.6 Å². The van der Waals surface area contributed by atoms with E-state index >= 15 is 0 Å². The van der Waals surface area contributed by atoms with E-state index in [1.54, 1.807) is 0 Å². The molecule has 4 rings (SSSR count). The average molecular weight is 339 g/mol. The Labute approximate surface area is 147 Å². The largest absolute Gasteiger partial charge is 0.403 e. The van der Waals surface area contributed by atoms with Crippen molar-refractivity contribution in [3.63, 3.8) is 0 Å². The average Bonchev–Trinajstić information content (AvgIpc) is 3.22. The molecule has 1 aliphatic rings. The minimum absolute atomic E-state index is 0.498. The number of hydrogen-bond acceptors (Lipinski definition) is 5. The summed E-state index contributed by atoms with van der Waals surface area (Å²) < 4.78 is 5.84. The van der Waals surface area contributed by atoms with Crippen molar-refractivity contribution < 1.29 is 4.42 Å². The molecule has 0 atom stereocenters. The smallest absolute Gasteiger partial charge is 0.315 e. The summed E-state index contributed by atoms with van der Waals surface area (Å²) in [6.45, 7) is 6.50. The van der Waals surface area contributed by atoms with Crippen molar-refractivity contribution in [1.29, 1.82) is 0 Å². The summed E-state index contributed by atoms with van der Waals surface area (Å²) in [6, 6.07) is 8.67. The Balaban J connectivity index is 1.37. The first-order chi connectivity index (χ1) is 12.3. The quantitative estimate of drug-likeness (QED) is 0.668. The van der Waals surface area contributed by atoms with Crippen LogP contribution in [0.3, 0.4) is 0 Å². The molecule has 2 aromatic heterocycles. The van der Waals surface area contributed by atoms with Gasteiger partial charge in [-0.2, -0.15) is 0 Å². The summed E-state index contributed by atoms with van der Waals surface area (Å²) in [5, 5.41) is 12.7. The number of piperidine rings is 1. The van der Waals surface area contributed by atoms with Crippen molar-refractivity contribution >= 4 is 16.9 Å².